The fourth-order valence-corrected chi connectivity index (χ4v) is 5.57. The number of hydrogen-bond acceptors (Lipinski definition) is 6. The summed E-state index contributed by atoms with van der Waals surface area (Å²) in [6.07, 6.45) is 5.27. The molecule has 0 aromatic rings. The zero-order valence-electron chi connectivity index (χ0n) is 13.4. The second-order valence-corrected chi connectivity index (χ2v) is 8.65. The number of nitrogens with one attached hydrogen (secondary N) is 1. The molecule has 8 heteroatoms. The van der Waals surface area contributed by atoms with Crippen LogP contribution in [0.15, 0.2) is 21.1 Å². The van der Waals surface area contributed by atoms with Crippen LogP contribution in [0.1, 0.15) is 39.5 Å². The van der Waals surface area contributed by atoms with Gasteiger partial charge in [-0.05, 0) is 32.1 Å². The van der Waals surface area contributed by atoms with E-state index in [9.17, 15) is 0 Å². The molecule has 1 aliphatic carbocycles. The van der Waals surface area contributed by atoms with Gasteiger partial charge in [-0.2, -0.15) is 0 Å². The van der Waals surface area contributed by atoms with Crippen LogP contribution < -0.4 is 5.32 Å². The summed E-state index contributed by atoms with van der Waals surface area (Å²) in [7, 11) is 0. The van der Waals surface area contributed by atoms with Gasteiger partial charge in [0.05, 0.1) is 24.2 Å². The molecule has 0 saturated heterocycles. The Morgan fingerprint density at radius 2 is 2.13 bits per heavy atom. The molecule has 1 saturated carbocycles. The van der Waals surface area contributed by atoms with E-state index in [2.05, 4.69) is 34.5 Å². The topological polar surface area (TPSA) is 40.0 Å². The van der Waals surface area contributed by atoms with E-state index in [0.29, 0.717) is 12.1 Å². The number of halogens is 2. The summed E-state index contributed by atoms with van der Waals surface area (Å²) in [6, 6.07) is 1.18. The van der Waals surface area contributed by atoms with Gasteiger partial charge in [0.15, 0.2) is 10.3 Å². The van der Waals surface area contributed by atoms with E-state index >= 15 is 0 Å². The van der Waals surface area contributed by atoms with E-state index in [1.54, 1.807) is 0 Å². The van der Waals surface area contributed by atoms with Gasteiger partial charge in [0, 0.05) is 11.4 Å². The van der Waals surface area contributed by atoms with Crippen LogP contribution in [0.2, 0.25) is 0 Å². The first kappa shape index (κ1) is 19.3. The van der Waals surface area contributed by atoms with Crippen LogP contribution in [0, 0.1) is 0 Å². The lowest BCUT2D eigenvalue weighted by atomic mass is 9.91. The third kappa shape index (κ3) is 3.80. The molecule has 0 aromatic heterocycles. The van der Waals surface area contributed by atoms with Crippen LogP contribution in [0.3, 0.4) is 0 Å². The lowest BCUT2D eigenvalue weighted by Gasteiger charge is -2.32. The van der Waals surface area contributed by atoms with Crippen molar-refractivity contribution in [2.24, 2.45) is 9.98 Å². The Morgan fingerprint density at radius 1 is 1.35 bits per heavy atom. The van der Waals surface area contributed by atoms with Crippen LogP contribution in [0.5, 0.6) is 0 Å². The van der Waals surface area contributed by atoms with Crippen LogP contribution in [-0.2, 0) is 0 Å². The first-order chi connectivity index (χ1) is 10.1. The quantitative estimate of drug-likeness (QED) is 0.771. The maximum atomic E-state index is 4.92. The molecule has 0 spiro atoms. The lowest BCUT2D eigenvalue weighted by Crippen LogP contribution is -2.40. The minimum atomic E-state index is 0. The van der Waals surface area contributed by atoms with Gasteiger partial charge >= 0.3 is 0 Å². The Hall–Kier alpha value is -0.0400. The number of nitrogens with zero attached hydrogens (tertiary/aromatic N) is 3. The van der Waals surface area contributed by atoms with Crippen molar-refractivity contribution < 1.29 is 0 Å². The molecule has 1 fully saturated rings. The van der Waals surface area contributed by atoms with Crippen LogP contribution in [-0.4, -0.2) is 45.2 Å². The van der Waals surface area contributed by atoms with E-state index in [0.717, 1.165) is 17.5 Å². The predicted octanol–water partition coefficient (Wildman–Crippen LogP) is 3.87. The highest BCUT2D eigenvalue weighted by Crippen LogP contribution is 2.41. The van der Waals surface area contributed by atoms with Crippen LogP contribution >= 0.6 is 48.3 Å². The molecule has 4 rings (SSSR count). The van der Waals surface area contributed by atoms with Gasteiger partial charge in [-0.25, -0.2) is 0 Å². The van der Waals surface area contributed by atoms with Gasteiger partial charge in [0.2, 0.25) is 0 Å². The number of thioether (sulfide) groups is 2. The zero-order valence-corrected chi connectivity index (χ0v) is 16.7. The molecule has 0 aromatic carbocycles. The number of amidine groups is 2. The summed E-state index contributed by atoms with van der Waals surface area (Å²) in [5.41, 5.74) is 1.54. The molecule has 1 N–H and O–H groups in total. The largest absolute Gasteiger partial charge is 0.358 e. The third-order valence-corrected chi connectivity index (χ3v) is 6.39. The normalized spacial score (nSPS) is 30.2. The Kier molecular flexibility index (Phi) is 6.26. The van der Waals surface area contributed by atoms with Crippen molar-refractivity contribution in [3.8, 4) is 0 Å². The Morgan fingerprint density at radius 3 is 2.87 bits per heavy atom. The van der Waals surface area contributed by atoms with Crippen LogP contribution in [0.4, 0.5) is 0 Å². The van der Waals surface area contributed by atoms with Gasteiger partial charge in [-0.3, -0.25) is 9.98 Å². The highest BCUT2D eigenvalue weighted by Gasteiger charge is 2.41. The monoisotopic (exact) mass is 394 g/mol. The van der Waals surface area contributed by atoms with Gasteiger partial charge in [0.1, 0.15) is 0 Å². The maximum Gasteiger partial charge on any atom is 0.168 e. The van der Waals surface area contributed by atoms with E-state index in [1.807, 2.05) is 23.5 Å². The van der Waals surface area contributed by atoms with Crippen molar-refractivity contribution in [1.82, 2.24) is 10.2 Å². The molecule has 0 radical (unpaired) electrons. The molecular weight excluding hydrogens is 371 g/mol. The second kappa shape index (κ2) is 7.46. The average molecular weight is 395 g/mol. The fourth-order valence-electron chi connectivity index (χ4n) is 3.46. The standard InChI is InChI=1S/C15H22N4S2.2ClH/c1-15(2)9-16-13(18-15)20-7-10-8-21-14-17-11-5-3-4-6-12(11)19(10)14;;/h8,11-12H,3-7,9H2,1-2H3,(H,16,18);2*1H/t11-,12+;;/m0../s1. The summed E-state index contributed by atoms with van der Waals surface area (Å²) in [6.45, 7) is 5.28. The lowest BCUT2D eigenvalue weighted by molar-refractivity contribution is 0.285. The molecule has 4 nitrogen and oxygen atoms in total. The van der Waals surface area contributed by atoms with E-state index in [-0.39, 0.29) is 30.4 Å². The molecule has 3 heterocycles. The first-order valence-corrected chi connectivity index (χ1v) is 9.67. The van der Waals surface area contributed by atoms with Crippen molar-refractivity contribution in [3.05, 3.63) is 11.1 Å². The molecular formula is C15H24Cl2N4S2. The van der Waals surface area contributed by atoms with Crippen molar-refractivity contribution in [2.75, 3.05) is 12.3 Å². The zero-order chi connectivity index (χ0) is 14.4. The van der Waals surface area contributed by atoms with Crippen LogP contribution in [0.25, 0.3) is 0 Å². The predicted molar refractivity (Wildman–Crippen MR) is 107 cm³/mol. The summed E-state index contributed by atoms with van der Waals surface area (Å²) in [5, 5.41) is 8.12. The second-order valence-electron chi connectivity index (χ2n) is 6.85. The smallest absolute Gasteiger partial charge is 0.168 e. The number of aliphatic imine (C=N–C) groups is 2. The molecule has 0 unspecified atom stereocenters. The molecule has 23 heavy (non-hydrogen) atoms. The number of fused-ring (bicyclic) bond motifs is 3. The van der Waals surface area contributed by atoms with Crippen molar-refractivity contribution in [3.63, 3.8) is 0 Å². The van der Waals surface area contributed by atoms with Gasteiger partial charge < -0.3 is 10.2 Å². The fraction of sp³-hybridized carbons (Fsp3) is 0.733. The van der Waals surface area contributed by atoms with Crippen molar-refractivity contribution in [2.45, 2.75) is 57.2 Å². The van der Waals surface area contributed by atoms with E-state index < -0.39 is 0 Å². The van der Waals surface area contributed by atoms with Crippen molar-refractivity contribution >= 4 is 58.7 Å². The van der Waals surface area contributed by atoms with Crippen molar-refractivity contribution in [1.29, 1.82) is 0 Å². The summed E-state index contributed by atoms with van der Waals surface area (Å²) >= 11 is 3.64. The van der Waals surface area contributed by atoms with Gasteiger partial charge in [-0.1, -0.05) is 36.4 Å². The minimum Gasteiger partial charge on any atom is -0.358 e. The molecule has 3 aliphatic heterocycles. The highest BCUT2D eigenvalue weighted by atomic mass is 35.5. The van der Waals surface area contributed by atoms with Gasteiger partial charge in [-0.15, -0.1) is 24.8 Å². The maximum absolute atomic E-state index is 4.92. The average Bonchev–Trinajstić information content (AvgIpc) is 3.10. The highest BCUT2D eigenvalue weighted by molar-refractivity contribution is 8.17. The molecule has 130 valence electrons. The number of hydrogen-bond donors (Lipinski definition) is 1. The summed E-state index contributed by atoms with van der Waals surface area (Å²) in [5.74, 6) is 0.997. The Balaban J connectivity index is 0.000000960. The first-order valence-electron chi connectivity index (χ1n) is 7.81. The molecule has 2 atom stereocenters. The summed E-state index contributed by atoms with van der Waals surface area (Å²) < 4.78 is 0. The summed E-state index contributed by atoms with van der Waals surface area (Å²) in [4.78, 5) is 12.0. The Labute approximate surface area is 159 Å². The van der Waals surface area contributed by atoms with E-state index in [4.69, 9.17) is 4.99 Å². The number of rotatable bonds is 2. The van der Waals surface area contributed by atoms with Gasteiger partial charge in [0.25, 0.3) is 0 Å². The third-order valence-electron chi connectivity index (χ3n) is 4.54. The SMILES string of the molecule is CC1(C)CN=C(SCC2=CSC3=N[C@H]4CCCC[C@H]4N23)N1.Cl.Cl. The molecule has 4 aliphatic rings. The minimum absolute atomic E-state index is 0. The molecule has 0 amide bonds. The Bertz CT molecular complexity index is 548. The van der Waals surface area contributed by atoms with E-state index in [1.165, 1.54) is 36.5 Å². The molecule has 0 bridgehead atoms.